The van der Waals surface area contributed by atoms with Crippen molar-refractivity contribution >= 4 is 12.1 Å². The molecular formula is C15H20NO4-. The summed E-state index contributed by atoms with van der Waals surface area (Å²) in [6, 6.07) is 9.20. The fourth-order valence-electron chi connectivity index (χ4n) is 1.66. The van der Waals surface area contributed by atoms with Gasteiger partial charge in [-0.15, -0.1) is 0 Å². The van der Waals surface area contributed by atoms with Gasteiger partial charge < -0.3 is 20.0 Å². The van der Waals surface area contributed by atoms with E-state index in [1.165, 1.54) is 0 Å². The monoisotopic (exact) mass is 278 g/mol. The Morgan fingerprint density at radius 3 is 2.35 bits per heavy atom. The van der Waals surface area contributed by atoms with Gasteiger partial charge in [-0.2, -0.15) is 0 Å². The minimum Gasteiger partial charge on any atom is -0.550 e. The van der Waals surface area contributed by atoms with E-state index in [9.17, 15) is 14.7 Å². The highest BCUT2D eigenvalue weighted by atomic mass is 16.6. The van der Waals surface area contributed by atoms with Crippen LogP contribution in [0.25, 0.3) is 0 Å². The Morgan fingerprint density at radius 1 is 1.25 bits per heavy atom. The zero-order chi connectivity index (χ0) is 15.2. The molecule has 1 aromatic carbocycles. The summed E-state index contributed by atoms with van der Waals surface area (Å²) < 4.78 is 5.05. The van der Waals surface area contributed by atoms with Crippen LogP contribution in [0.4, 0.5) is 4.79 Å². The number of benzene rings is 1. The lowest BCUT2D eigenvalue weighted by Crippen LogP contribution is -2.42. The molecule has 5 nitrogen and oxygen atoms in total. The maximum atomic E-state index is 11.5. The van der Waals surface area contributed by atoms with Gasteiger partial charge in [0, 0.05) is 18.4 Å². The number of carbonyl (C=O) groups excluding carboxylic acids is 2. The first-order chi connectivity index (χ1) is 9.28. The van der Waals surface area contributed by atoms with Gasteiger partial charge in [0.1, 0.15) is 5.60 Å². The highest BCUT2D eigenvalue weighted by Gasteiger charge is 2.18. The van der Waals surface area contributed by atoms with Gasteiger partial charge >= 0.3 is 6.09 Å². The average molecular weight is 278 g/mol. The SMILES string of the molecule is CC(C)(C)OC(=O)NC[C@H](Cc1ccccc1)C(=O)[O-]. The number of alkyl carbamates (subject to hydrolysis) is 1. The van der Waals surface area contributed by atoms with Crippen molar-refractivity contribution in [3.8, 4) is 0 Å². The Hall–Kier alpha value is -2.04. The summed E-state index contributed by atoms with van der Waals surface area (Å²) in [6.45, 7) is 5.21. The van der Waals surface area contributed by atoms with Crippen molar-refractivity contribution in [2.24, 2.45) is 5.92 Å². The van der Waals surface area contributed by atoms with Crippen LogP contribution in [0.15, 0.2) is 30.3 Å². The number of aliphatic carboxylic acids is 1. The van der Waals surface area contributed by atoms with Crippen LogP contribution in [0.1, 0.15) is 26.3 Å². The van der Waals surface area contributed by atoms with E-state index in [0.29, 0.717) is 6.42 Å². The van der Waals surface area contributed by atoms with Crippen LogP contribution < -0.4 is 10.4 Å². The minimum absolute atomic E-state index is 0.0217. The molecular weight excluding hydrogens is 258 g/mol. The second-order valence-corrected chi connectivity index (χ2v) is 5.59. The third-order valence-electron chi connectivity index (χ3n) is 2.55. The molecule has 0 aliphatic heterocycles. The van der Waals surface area contributed by atoms with Gasteiger partial charge in [-0.05, 0) is 32.8 Å². The number of carboxylic acid groups (broad SMARTS) is 1. The fourth-order valence-corrected chi connectivity index (χ4v) is 1.66. The number of ether oxygens (including phenoxy) is 1. The molecule has 0 bridgehead atoms. The standard InChI is InChI=1S/C15H21NO4/c1-15(2,3)20-14(19)16-10-12(13(17)18)9-11-7-5-4-6-8-11/h4-8,12H,9-10H2,1-3H3,(H,16,19)(H,17,18)/p-1/t12-/m0/s1. The number of carbonyl (C=O) groups is 2. The molecule has 0 saturated heterocycles. The molecule has 0 fully saturated rings. The Labute approximate surface area is 118 Å². The van der Waals surface area contributed by atoms with Crippen LogP contribution >= 0.6 is 0 Å². The van der Waals surface area contributed by atoms with E-state index in [2.05, 4.69) is 5.32 Å². The topological polar surface area (TPSA) is 78.5 Å². The number of carboxylic acids is 1. The minimum atomic E-state index is -1.19. The predicted octanol–water partition coefficient (Wildman–Crippen LogP) is 1.12. The van der Waals surface area contributed by atoms with Crippen LogP contribution in [-0.2, 0) is 16.0 Å². The number of nitrogens with one attached hydrogen (secondary N) is 1. The first kappa shape index (κ1) is 16.0. The van der Waals surface area contributed by atoms with E-state index in [-0.39, 0.29) is 6.54 Å². The molecule has 5 heteroatoms. The van der Waals surface area contributed by atoms with E-state index in [4.69, 9.17) is 4.74 Å². The van der Waals surface area contributed by atoms with E-state index >= 15 is 0 Å². The van der Waals surface area contributed by atoms with Crippen molar-refractivity contribution in [1.82, 2.24) is 5.32 Å². The molecule has 0 saturated carbocycles. The van der Waals surface area contributed by atoms with Crippen molar-refractivity contribution in [1.29, 1.82) is 0 Å². The van der Waals surface area contributed by atoms with Crippen molar-refractivity contribution in [3.05, 3.63) is 35.9 Å². The molecule has 1 aromatic rings. The highest BCUT2D eigenvalue weighted by molar-refractivity contribution is 5.71. The van der Waals surface area contributed by atoms with Crippen molar-refractivity contribution in [2.75, 3.05) is 6.54 Å². The first-order valence-corrected chi connectivity index (χ1v) is 6.49. The highest BCUT2D eigenvalue weighted by Crippen LogP contribution is 2.09. The van der Waals surface area contributed by atoms with Crippen LogP contribution in [-0.4, -0.2) is 24.2 Å². The van der Waals surface area contributed by atoms with Gasteiger partial charge in [0.15, 0.2) is 0 Å². The maximum absolute atomic E-state index is 11.5. The third-order valence-corrected chi connectivity index (χ3v) is 2.55. The Bertz CT molecular complexity index is 451. The summed E-state index contributed by atoms with van der Waals surface area (Å²) in [7, 11) is 0. The Kier molecular flexibility index (Phi) is 5.55. The van der Waals surface area contributed by atoms with Crippen molar-refractivity contribution in [2.45, 2.75) is 32.8 Å². The molecule has 1 rings (SSSR count). The molecule has 0 aliphatic carbocycles. The Balaban J connectivity index is 2.52. The van der Waals surface area contributed by atoms with Crippen molar-refractivity contribution < 1.29 is 19.4 Å². The van der Waals surface area contributed by atoms with E-state index in [0.717, 1.165) is 5.56 Å². The molecule has 1 atom stereocenters. The number of hydrogen-bond acceptors (Lipinski definition) is 4. The molecule has 0 heterocycles. The molecule has 0 aromatic heterocycles. The van der Waals surface area contributed by atoms with Crippen LogP contribution in [0, 0.1) is 5.92 Å². The molecule has 0 spiro atoms. The second kappa shape index (κ2) is 6.93. The van der Waals surface area contributed by atoms with E-state index in [1.54, 1.807) is 20.8 Å². The van der Waals surface area contributed by atoms with Gasteiger partial charge in [-0.25, -0.2) is 4.79 Å². The van der Waals surface area contributed by atoms with Gasteiger partial charge in [0.05, 0.1) is 0 Å². The van der Waals surface area contributed by atoms with Crippen molar-refractivity contribution in [3.63, 3.8) is 0 Å². The van der Waals surface area contributed by atoms with Crippen LogP contribution in [0.2, 0.25) is 0 Å². The van der Waals surface area contributed by atoms with Gasteiger partial charge in [-0.1, -0.05) is 30.3 Å². The molecule has 0 aliphatic rings. The summed E-state index contributed by atoms with van der Waals surface area (Å²) in [5, 5.41) is 13.6. The third kappa shape index (κ3) is 6.22. The zero-order valence-electron chi connectivity index (χ0n) is 12.0. The normalized spacial score (nSPS) is 12.6. The molecule has 0 unspecified atom stereocenters. The number of rotatable bonds is 5. The van der Waals surface area contributed by atoms with Gasteiger partial charge in [0.25, 0.3) is 0 Å². The predicted molar refractivity (Wildman–Crippen MR) is 72.9 cm³/mol. The number of hydrogen-bond donors (Lipinski definition) is 1. The quantitative estimate of drug-likeness (QED) is 0.875. The summed E-state index contributed by atoms with van der Waals surface area (Å²) in [5.41, 5.74) is 0.271. The Morgan fingerprint density at radius 2 is 1.85 bits per heavy atom. The average Bonchev–Trinajstić information content (AvgIpc) is 2.33. The molecule has 1 N–H and O–H groups in total. The molecule has 110 valence electrons. The molecule has 0 radical (unpaired) electrons. The molecule has 1 amide bonds. The maximum Gasteiger partial charge on any atom is 0.407 e. The summed E-state index contributed by atoms with van der Waals surface area (Å²) in [4.78, 5) is 22.6. The lowest BCUT2D eigenvalue weighted by atomic mass is 9.99. The van der Waals surface area contributed by atoms with Crippen LogP contribution in [0.5, 0.6) is 0 Å². The summed E-state index contributed by atoms with van der Waals surface area (Å²) in [5.74, 6) is -1.98. The summed E-state index contributed by atoms with van der Waals surface area (Å²) in [6.07, 6.45) is -0.323. The van der Waals surface area contributed by atoms with Gasteiger partial charge in [-0.3, -0.25) is 0 Å². The first-order valence-electron chi connectivity index (χ1n) is 6.49. The zero-order valence-corrected chi connectivity index (χ0v) is 12.0. The smallest absolute Gasteiger partial charge is 0.407 e. The second-order valence-electron chi connectivity index (χ2n) is 5.59. The van der Waals surface area contributed by atoms with Crippen LogP contribution in [0.3, 0.4) is 0 Å². The largest absolute Gasteiger partial charge is 0.550 e. The lowest BCUT2D eigenvalue weighted by molar-refractivity contribution is -0.311. The van der Waals surface area contributed by atoms with E-state index in [1.807, 2.05) is 30.3 Å². The lowest BCUT2D eigenvalue weighted by Gasteiger charge is -2.22. The fraction of sp³-hybridized carbons (Fsp3) is 0.467. The molecule has 20 heavy (non-hydrogen) atoms. The van der Waals surface area contributed by atoms with E-state index < -0.39 is 23.6 Å². The summed E-state index contributed by atoms with van der Waals surface area (Å²) >= 11 is 0. The number of amides is 1. The van der Waals surface area contributed by atoms with Gasteiger partial charge in [0.2, 0.25) is 0 Å².